The van der Waals surface area contributed by atoms with Crippen LogP contribution in [0.3, 0.4) is 0 Å². The van der Waals surface area contributed by atoms with Crippen LogP contribution in [0.15, 0.2) is 64.4 Å². The SMILES string of the molecule is Cc1cc(C)n2nc(SCC(=O)N(Cc3ccccc3)Cc3ccco3)nc2n1. The Morgan fingerprint density at radius 3 is 2.69 bits per heavy atom. The van der Waals surface area contributed by atoms with Gasteiger partial charge in [-0.2, -0.15) is 4.98 Å². The molecule has 0 bridgehead atoms. The van der Waals surface area contributed by atoms with Gasteiger partial charge in [0, 0.05) is 17.9 Å². The summed E-state index contributed by atoms with van der Waals surface area (Å²) in [6, 6.07) is 15.6. The zero-order valence-electron chi connectivity index (χ0n) is 16.3. The summed E-state index contributed by atoms with van der Waals surface area (Å²) < 4.78 is 7.14. The highest BCUT2D eigenvalue weighted by Crippen LogP contribution is 2.18. The van der Waals surface area contributed by atoms with Gasteiger partial charge in [-0.05, 0) is 37.6 Å². The minimum absolute atomic E-state index is 0.00466. The standard InChI is InChI=1S/C21H21N5O2S/c1-15-11-16(2)26-20(22-15)23-21(24-26)29-14-19(27)25(13-18-9-6-10-28-18)12-17-7-4-3-5-8-17/h3-11H,12-14H2,1-2H3. The first-order chi connectivity index (χ1) is 14.1. The molecule has 0 fully saturated rings. The lowest BCUT2D eigenvalue weighted by molar-refractivity contribution is -0.129. The average molecular weight is 407 g/mol. The highest BCUT2D eigenvalue weighted by molar-refractivity contribution is 7.99. The number of fused-ring (bicyclic) bond motifs is 1. The normalized spacial score (nSPS) is 11.1. The van der Waals surface area contributed by atoms with E-state index >= 15 is 0 Å². The molecule has 3 heterocycles. The van der Waals surface area contributed by atoms with E-state index in [1.54, 1.807) is 15.7 Å². The van der Waals surface area contributed by atoms with Crippen molar-refractivity contribution in [3.8, 4) is 0 Å². The Hall–Kier alpha value is -3.13. The van der Waals surface area contributed by atoms with E-state index in [1.807, 2.05) is 62.4 Å². The smallest absolute Gasteiger partial charge is 0.253 e. The van der Waals surface area contributed by atoms with Crippen molar-refractivity contribution in [3.63, 3.8) is 0 Å². The van der Waals surface area contributed by atoms with Crippen molar-refractivity contribution in [2.45, 2.75) is 32.1 Å². The van der Waals surface area contributed by atoms with Crippen LogP contribution in [0, 0.1) is 13.8 Å². The molecule has 7 nitrogen and oxygen atoms in total. The third-order valence-corrected chi connectivity index (χ3v) is 5.24. The van der Waals surface area contributed by atoms with Crippen LogP contribution in [0.1, 0.15) is 22.7 Å². The lowest BCUT2D eigenvalue weighted by Gasteiger charge is -2.21. The second kappa shape index (κ2) is 8.48. The van der Waals surface area contributed by atoms with E-state index < -0.39 is 0 Å². The number of carbonyl (C=O) groups excluding carboxylic acids is 1. The fraction of sp³-hybridized carbons (Fsp3) is 0.238. The van der Waals surface area contributed by atoms with Crippen LogP contribution < -0.4 is 0 Å². The summed E-state index contributed by atoms with van der Waals surface area (Å²) in [5, 5.41) is 5.00. The van der Waals surface area contributed by atoms with Crippen molar-refractivity contribution >= 4 is 23.4 Å². The van der Waals surface area contributed by atoms with E-state index in [1.165, 1.54) is 11.8 Å². The van der Waals surface area contributed by atoms with Crippen LogP contribution >= 0.6 is 11.8 Å². The zero-order chi connectivity index (χ0) is 20.2. The first kappa shape index (κ1) is 19.2. The van der Waals surface area contributed by atoms with Gasteiger partial charge >= 0.3 is 0 Å². The van der Waals surface area contributed by atoms with Gasteiger partial charge in [0.25, 0.3) is 5.78 Å². The van der Waals surface area contributed by atoms with Crippen molar-refractivity contribution < 1.29 is 9.21 Å². The Kier molecular flexibility index (Phi) is 5.62. The number of carbonyl (C=O) groups is 1. The molecule has 0 radical (unpaired) electrons. The summed E-state index contributed by atoms with van der Waals surface area (Å²) in [5.74, 6) is 1.53. The van der Waals surface area contributed by atoms with E-state index in [4.69, 9.17) is 4.42 Å². The minimum atomic E-state index is -0.00466. The molecule has 1 aromatic carbocycles. The molecule has 8 heteroatoms. The number of hydrogen-bond acceptors (Lipinski definition) is 6. The number of hydrogen-bond donors (Lipinski definition) is 0. The van der Waals surface area contributed by atoms with Crippen LogP contribution in [0.5, 0.6) is 0 Å². The van der Waals surface area contributed by atoms with Gasteiger partial charge in [-0.25, -0.2) is 9.50 Å². The minimum Gasteiger partial charge on any atom is -0.467 e. The maximum atomic E-state index is 13.0. The van der Waals surface area contributed by atoms with Crippen LogP contribution in [0.25, 0.3) is 5.78 Å². The van der Waals surface area contributed by atoms with Gasteiger partial charge < -0.3 is 9.32 Å². The molecule has 0 N–H and O–H groups in total. The predicted molar refractivity (Wildman–Crippen MR) is 110 cm³/mol. The molecule has 0 aliphatic heterocycles. The van der Waals surface area contributed by atoms with Crippen molar-refractivity contribution in [2.75, 3.05) is 5.75 Å². The topological polar surface area (TPSA) is 76.5 Å². The monoisotopic (exact) mass is 407 g/mol. The first-order valence-electron chi connectivity index (χ1n) is 9.26. The van der Waals surface area contributed by atoms with Crippen LogP contribution in [-0.2, 0) is 17.9 Å². The van der Waals surface area contributed by atoms with Gasteiger partial charge in [0.15, 0.2) is 0 Å². The fourth-order valence-electron chi connectivity index (χ4n) is 3.05. The lowest BCUT2D eigenvalue weighted by atomic mass is 10.2. The largest absolute Gasteiger partial charge is 0.467 e. The maximum absolute atomic E-state index is 13.0. The van der Waals surface area contributed by atoms with E-state index in [9.17, 15) is 4.79 Å². The Bertz CT molecular complexity index is 1110. The molecular weight excluding hydrogens is 386 g/mol. The molecule has 0 aliphatic carbocycles. The van der Waals surface area contributed by atoms with Gasteiger partial charge in [-0.1, -0.05) is 42.1 Å². The number of amides is 1. The van der Waals surface area contributed by atoms with E-state index in [0.29, 0.717) is 24.0 Å². The molecule has 3 aromatic heterocycles. The summed E-state index contributed by atoms with van der Waals surface area (Å²) in [6.07, 6.45) is 1.62. The molecule has 4 aromatic rings. The summed E-state index contributed by atoms with van der Waals surface area (Å²) in [6.45, 7) is 4.81. The molecule has 0 spiro atoms. The summed E-state index contributed by atoms with van der Waals surface area (Å²) in [5.41, 5.74) is 2.92. The fourth-order valence-corrected chi connectivity index (χ4v) is 3.77. The van der Waals surface area contributed by atoms with E-state index in [0.717, 1.165) is 22.7 Å². The molecule has 0 aliphatic rings. The molecule has 0 saturated carbocycles. The summed E-state index contributed by atoms with van der Waals surface area (Å²) in [7, 11) is 0. The second-order valence-electron chi connectivity index (χ2n) is 6.75. The number of aromatic nitrogens is 4. The molecule has 29 heavy (non-hydrogen) atoms. The zero-order valence-corrected chi connectivity index (χ0v) is 17.1. The first-order valence-corrected chi connectivity index (χ1v) is 10.2. The third kappa shape index (κ3) is 4.65. The quantitative estimate of drug-likeness (QED) is 0.435. The average Bonchev–Trinajstić information content (AvgIpc) is 3.36. The van der Waals surface area contributed by atoms with Crippen LogP contribution in [-0.4, -0.2) is 36.1 Å². The van der Waals surface area contributed by atoms with Gasteiger partial charge in [0.1, 0.15) is 5.76 Å². The molecular formula is C21H21N5O2S. The number of thioether (sulfide) groups is 1. The number of furan rings is 1. The second-order valence-corrected chi connectivity index (χ2v) is 7.69. The highest BCUT2D eigenvalue weighted by Gasteiger charge is 2.18. The van der Waals surface area contributed by atoms with Gasteiger partial charge in [-0.15, -0.1) is 5.10 Å². The molecule has 4 rings (SSSR count). The Labute approximate surface area is 172 Å². The Morgan fingerprint density at radius 2 is 1.93 bits per heavy atom. The predicted octanol–water partition coefficient (Wildman–Crippen LogP) is 3.66. The lowest BCUT2D eigenvalue weighted by Crippen LogP contribution is -2.31. The van der Waals surface area contributed by atoms with Crippen molar-refractivity contribution in [2.24, 2.45) is 0 Å². The van der Waals surface area contributed by atoms with Gasteiger partial charge in [0.2, 0.25) is 11.1 Å². The molecule has 0 unspecified atom stereocenters. The Balaban J connectivity index is 1.47. The van der Waals surface area contributed by atoms with Crippen molar-refractivity contribution in [3.05, 3.63) is 77.5 Å². The molecule has 1 amide bonds. The molecule has 148 valence electrons. The number of rotatable bonds is 7. The van der Waals surface area contributed by atoms with Crippen LogP contribution in [0.4, 0.5) is 0 Å². The third-order valence-electron chi connectivity index (χ3n) is 4.42. The van der Waals surface area contributed by atoms with Crippen molar-refractivity contribution in [1.29, 1.82) is 0 Å². The number of nitrogens with zero attached hydrogens (tertiary/aromatic N) is 5. The molecule has 0 saturated heterocycles. The Morgan fingerprint density at radius 1 is 1.10 bits per heavy atom. The number of benzene rings is 1. The van der Waals surface area contributed by atoms with Crippen LogP contribution in [0.2, 0.25) is 0 Å². The highest BCUT2D eigenvalue weighted by atomic mass is 32.2. The maximum Gasteiger partial charge on any atom is 0.253 e. The summed E-state index contributed by atoms with van der Waals surface area (Å²) in [4.78, 5) is 23.6. The van der Waals surface area contributed by atoms with Gasteiger partial charge in [-0.3, -0.25) is 4.79 Å². The van der Waals surface area contributed by atoms with E-state index in [2.05, 4.69) is 15.1 Å². The van der Waals surface area contributed by atoms with Crippen molar-refractivity contribution in [1.82, 2.24) is 24.5 Å². The summed E-state index contributed by atoms with van der Waals surface area (Å²) >= 11 is 1.32. The number of aryl methyl sites for hydroxylation is 2. The van der Waals surface area contributed by atoms with E-state index in [-0.39, 0.29) is 11.7 Å². The van der Waals surface area contributed by atoms with Gasteiger partial charge in [0.05, 0.1) is 18.6 Å². The molecule has 0 atom stereocenters.